The monoisotopic (exact) mass is 936 g/mol. The normalized spacial score (nSPS) is 13.8. The minimum absolute atomic E-state index is 0.127. The molecule has 0 saturated heterocycles. The standard InChI is InChI=1S/C70H52N2O/c1-69(2)62-30-13-11-23-56(62)60-28-16-25-54(67(60)69)45-32-36-50(37-33-45)72(51-38-34-46(35-39-51)55-26-17-29-61-57-24-12-14-31-63(57)70(3,4)68(55)61)53-42-47-18-15-27-59-58-41-40-52(43-64(58)73-65(44-53)66(47)59)71(48-19-7-5-8-20-48)49-21-9-6-10-22-49/h5-44H,1-4H3. The van der Waals surface area contributed by atoms with E-state index in [1.165, 1.54) is 72.3 Å². The fourth-order valence-corrected chi connectivity index (χ4v) is 12.7. The zero-order chi connectivity index (χ0) is 49.0. The maximum Gasteiger partial charge on any atom is 0.138 e. The molecule has 3 nitrogen and oxygen atoms in total. The molecule has 3 heteroatoms. The highest BCUT2D eigenvalue weighted by Gasteiger charge is 2.39. The van der Waals surface area contributed by atoms with Gasteiger partial charge in [0.25, 0.3) is 0 Å². The van der Waals surface area contributed by atoms with Crippen LogP contribution in [0.2, 0.25) is 0 Å². The van der Waals surface area contributed by atoms with Gasteiger partial charge in [-0.05, 0) is 144 Å². The molecule has 0 spiro atoms. The van der Waals surface area contributed by atoms with Crippen LogP contribution in [0.25, 0.3) is 66.4 Å². The van der Waals surface area contributed by atoms with Crippen LogP contribution in [-0.4, -0.2) is 0 Å². The lowest BCUT2D eigenvalue weighted by Gasteiger charge is -2.30. The van der Waals surface area contributed by atoms with Crippen molar-refractivity contribution in [2.45, 2.75) is 38.5 Å². The van der Waals surface area contributed by atoms with Crippen LogP contribution >= 0.6 is 0 Å². The first kappa shape index (κ1) is 42.9. The molecular formula is C70H52N2O. The van der Waals surface area contributed by atoms with Crippen molar-refractivity contribution in [2.24, 2.45) is 0 Å². The smallest absolute Gasteiger partial charge is 0.138 e. The van der Waals surface area contributed by atoms with Gasteiger partial charge in [0.1, 0.15) is 11.5 Å². The molecule has 0 N–H and O–H groups in total. The number of anilines is 6. The van der Waals surface area contributed by atoms with Gasteiger partial charge in [0.05, 0.1) is 5.69 Å². The van der Waals surface area contributed by atoms with Crippen LogP contribution in [0.5, 0.6) is 11.5 Å². The molecule has 0 radical (unpaired) electrons. The summed E-state index contributed by atoms with van der Waals surface area (Å²) in [6.45, 7) is 9.47. The Kier molecular flexibility index (Phi) is 9.59. The number of nitrogens with zero attached hydrogens (tertiary/aromatic N) is 2. The summed E-state index contributed by atoms with van der Waals surface area (Å²) < 4.78 is 7.15. The highest BCUT2D eigenvalue weighted by Crippen LogP contribution is 2.55. The van der Waals surface area contributed by atoms with Crippen LogP contribution in [0.1, 0.15) is 49.9 Å². The Morgan fingerprint density at radius 2 is 0.699 bits per heavy atom. The van der Waals surface area contributed by atoms with Crippen molar-refractivity contribution < 1.29 is 4.74 Å². The topological polar surface area (TPSA) is 15.7 Å². The van der Waals surface area contributed by atoms with Crippen molar-refractivity contribution in [1.29, 1.82) is 0 Å². The highest BCUT2D eigenvalue weighted by atomic mass is 16.5. The Bertz CT molecular complexity index is 3790. The van der Waals surface area contributed by atoms with Gasteiger partial charge < -0.3 is 14.5 Å². The Morgan fingerprint density at radius 1 is 0.288 bits per heavy atom. The SMILES string of the molecule is CC1(C)c2ccccc2-c2cccc(-c3ccc(N(c4ccc(-c5cccc6c5C(C)(C)c5ccccc5-6)cc4)c4cc5c6c(cccc6c4)-c4ccc(N(c6ccccc6)c6ccccc6)cc4O5)cc3)c21. The average Bonchev–Trinajstić information content (AvgIpc) is 3.82. The summed E-state index contributed by atoms with van der Waals surface area (Å²) in [5.41, 5.74) is 24.1. The van der Waals surface area contributed by atoms with Gasteiger partial charge in [0.2, 0.25) is 0 Å². The van der Waals surface area contributed by atoms with Crippen LogP contribution < -0.4 is 14.5 Å². The number of hydrogen-bond donors (Lipinski definition) is 0. The number of hydrogen-bond acceptors (Lipinski definition) is 3. The lowest BCUT2D eigenvalue weighted by molar-refractivity contribution is 0.487. The summed E-state index contributed by atoms with van der Waals surface area (Å²) in [5.74, 6) is 1.66. The lowest BCUT2D eigenvalue weighted by atomic mass is 9.79. The summed E-state index contributed by atoms with van der Waals surface area (Å²) in [4.78, 5) is 4.68. The molecular weight excluding hydrogens is 885 g/mol. The first-order valence-corrected chi connectivity index (χ1v) is 25.5. The summed E-state index contributed by atoms with van der Waals surface area (Å²) in [5, 5.41) is 2.24. The molecule has 3 aliphatic rings. The van der Waals surface area contributed by atoms with Gasteiger partial charge in [0.15, 0.2) is 0 Å². The second-order valence-electron chi connectivity index (χ2n) is 20.9. The molecule has 0 atom stereocenters. The summed E-state index contributed by atoms with van der Waals surface area (Å²) in [6.07, 6.45) is 0. The van der Waals surface area contributed by atoms with Gasteiger partial charge in [-0.25, -0.2) is 0 Å². The molecule has 11 aromatic rings. The minimum atomic E-state index is -0.127. The van der Waals surface area contributed by atoms with Crippen LogP contribution in [0, 0.1) is 0 Å². The minimum Gasteiger partial charge on any atom is -0.456 e. The third-order valence-corrected chi connectivity index (χ3v) is 16.0. The Balaban J connectivity index is 0.897. The summed E-state index contributed by atoms with van der Waals surface area (Å²) in [6, 6.07) is 88.7. The van der Waals surface area contributed by atoms with E-state index < -0.39 is 0 Å². The van der Waals surface area contributed by atoms with Gasteiger partial charge >= 0.3 is 0 Å². The molecule has 1 aliphatic heterocycles. The van der Waals surface area contributed by atoms with E-state index in [0.29, 0.717) is 0 Å². The van der Waals surface area contributed by atoms with Gasteiger partial charge in [-0.3, -0.25) is 0 Å². The van der Waals surface area contributed by atoms with Crippen molar-refractivity contribution in [1.82, 2.24) is 0 Å². The number of fused-ring (bicyclic) bond motifs is 8. The average molecular weight is 937 g/mol. The molecule has 0 amide bonds. The lowest BCUT2D eigenvalue weighted by Crippen LogP contribution is -2.16. The molecule has 0 unspecified atom stereocenters. The summed E-state index contributed by atoms with van der Waals surface area (Å²) in [7, 11) is 0. The van der Waals surface area contributed by atoms with Crippen LogP contribution in [-0.2, 0) is 10.8 Å². The Hall–Kier alpha value is -8.92. The van der Waals surface area contributed by atoms with Crippen LogP contribution in [0.4, 0.5) is 34.1 Å². The van der Waals surface area contributed by atoms with Crippen molar-refractivity contribution in [3.63, 3.8) is 0 Å². The maximum absolute atomic E-state index is 7.15. The van der Waals surface area contributed by atoms with Gasteiger partial charge in [-0.2, -0.15) is 0 Å². The predicted molar refractivity (Wildman–Crippen MR) is 305 cm³/mol. The first-order chi connectivity index (χ1) is 35.7. The van der Waals surface area contributed by atoms with Crippen molar-refractivity contribution in [3.8, 4) is 67.1 Å². The fraction of sp³-hybridized carbons (Fsp3) is 0.0857. The molecule has 11 aromatic carbocycles. The molecule has 0 fully saturated rings. The number of ether oxygens (including phenoxy) is 1. The third-order valence-electron chi connectivity index (χ3n) is 16.0. The fourth-order valence-electron chi connectivity index (χ4n) is 12.7. The van der Waals surface area contributed by atoms with Crippen LogP contribution in [0.15, 0.2) is 243 Å². The number of para-hydroxylation sites is 2. The van der Waals surface area contributed by atoms with E-state index in [1.54, 1.807) is 0 Å². The van der Waals surface area contributed by atoms with E-state index in [-0.39, 0.29) is 10.8 Å². The molecule has 14 rings (SSSR count). The largest absolute Gasteiger partial charge is 0.456 e. The maximum atomic E-state index is 7.15. The van der Waals surface area contributed by atoms with Gasteiger partial charge in [-0.1, -0.05) is 191 Å². The second-order valence-corrected chi connectivity index (χ2v) is 20.9. The first-order valence-electron chi connectivity index (χ1n) is 25.5. The Labute approximate surface area is 427 Å². The van der Waals surface area contributed by atoms with E-state index in [0.717, 1.165) is 62.0 Å². The molecule has 1 heterocycles. The highest BCUT2D eigenvalue weighted by molar-refractivity contribution is 6.07. The van der Waals surface area contributed by atoms with Crippen molar-refractivity contribution in [2.75, 3.05) is 9.80 Å². The molecule has 73 heavy (non-hydrogen) atoms. The molecule has 2 aliphatic carbocycles. The molecule has 348 valence electrons. The molecule has 0 bridgehead atoms. The Morgan fingerprint density at radius 3 is 1.25 bits per heavy atom. The van der Waals surface area contributed by atoms with E-state index in [9.17, 15) is 0 Å². The van der Waals surface area contributed by atoms with Crippen molar-refractivity contribution >= 4 is 44.9 Å². The van der Waals surface area contributed by atoms with E-state index in [4.69, 9.17) is 4.74 Å². The zero-order valence-electron chi connectivity index (χ0n) is 41.4. The molecule has 0 aromatic heterocycles. The van der Waals surface area contributed by atoms with Gasteiger partial charge in [0, 0.05) is 62.3 Å². The third kappa shape index (κ3) is 6.65. The quantitative estimate of drug-likeness (QED) is 0.151. The second kappa shape index (κ2) is 16.3. The van der Waals surface area contributed by atoms with Crippen LogP contribution in [0.3, 0.4) is 0 Å². The summed E-state index contributed by atoms with van der Waals surface area (Å²) >= 11 is 0. The van der Waals surface area contributed by atoms with Crippen molar-refractivity contribution in [3.05, 3.63) is 265 Å². The van der Waals surface area contributed by atoms with Gasteiger partial charge in [-0.15, -0.1) is 0 Å². The van der Waals surface area contributed by atoms with E-state index in [1.807, 2.05) is 0 Å². The number of benzene rings is 11. The molecule has 0 saturated carbocycles. The number of rotatable bonds is 8. The van der Waals surface area contributed by atoms with E-state index in [2.05, 4.69) is 280 Å². The predicted octanol–water partition coefficient (Wildman–Crippen LogP) is 19.5. The van der Waals surface area contributed by atoms with E-state index >= 15 is 0 Å². The zero-order valence-corrected chi connectivity index (χ0v) is 41.4.